The highest BCUT2D eigenvalue weighted by molar-refractivity contribution is 8.01. The molecule has 1 heterocycles. The maximum Gasteiger partial charge on any atom is 0.237 e. The zero-order valence-electron chi connectivity index (χ0n) is 15.7. The van der Waals surface area contributed by atoms with Gasteiger partial charge in [-0.3, -0.25) is 9.59 Å². The van der Waals surface area contributed by atoms with Crippen LogP contribution >= 0.6 is 11.8 Å². The summed E-state index contributed by atoms with van der Waals surface area (Å²) in [6.07, 6.45) is 4.06. The zero-order valence-corrected chi connectivity index (χ0v) is 17.3. The maximum absolute atomic E-state index is 12.6. The van der Waals surface area contributed by atoms with Crippen LogP contribution in [0.4, 0.5) is 5.69 Å². The highest BCUT2D eigenvalue weighted by Crippen LogP contribution is 2.36. The predicted molar refractivity (Wildman–Crippen MR) is 107 cm³/mol. The summed E-state index contributed by atoms with van der Waals surface area (Å²) >= 11 is 1.41. The molecule has 0 spiro atoms. The first-order chi connectivity index (χ1) is 12.7. The van der Waals surface area contributed by atoms with E-state index in [4.69, 9.17) is 0 Å². The highest BCUT2D eigenvalue weighted by Gasteiger charge is 2.26. The fourth-order valence-corrected chi connectivity index (χ4v) is 5.62. The van der Waals surface area contributed by atoms with Crippen molar-refractivity contribution >= 4 is 39.1 Å². The molecule has 0 radical (unpaired) electrons. The Kier molecular flexibility index (Phi) is 6.15. The van der Waals surface area contributed by atoms with Crippen molar-refractivity contribution in [1.82, 2.24) is 5.32 Å². The van der Waals surface area contributed by atoms with E-state index in [0.717, 1.165) is 30.6 Å². The summed E-state index contributed by atoms with van der Waals surface area (Å²) in [5.74, 6) is 0.110. The second-order valence-corrected chi connectivity index (χ2v) is 11.0. The van der Waals surface area contributed by atoms with Gasteiger partial charge in [-0.15, -0.1) is 11.8 Å². The van der Waals surface area contributed by atoms with Gasteiger partial charge < -0.3 is 10.6 Å². The number of fused-ring (bicyclic) bond motifs is 1. The molecule has 3 rings (SSSR count). The maximum atomic E-state index is 12.6. The molecule has 8 heteroatoms. The minimum Gasteiger partial charge on any atom is -0.353 e. The Morgan fingerprint density at radius 3 is 2.63 bits per heavy atom. The van der Waals surface area contributed by atoms with Gasteiger partial charge >= 0.3 is 0 Å². The van der Waals surface area contributed by atoms with Crippen LogP contribution in [0.15, 0.2) is 28.0 Å². The summed E-state index contributed by atoms with van der Waals surface area (Å²) < 4.78 is 25.2. The van der Waals surface area contributed by atoms with Gasteiger partial charge in [0.15, 0.2) is 9.84 Å². The number of anilines is 1. The lowest BCUT2D eigenvalue weighted by molar-refractivity contribution is -0.121. The summed E-state index contributed by atoms with van der Waals surface area (Å²) in [6, 6.07) is 4.91. The molecule has 0 aromatic heterocycles. The molecule has 148 valence electrons. The Bertz CT molecular complexity index is 830. The molecule has 0 bridgehead atoms. The Labute approximate surface area is 164 Å². The van der Waals surface area contributed by atoms with Crippen LogP contribution in [0.2, 0.25) is 0 Å². The van der Waals surface area contributed by atoms with E-state index >= 15 is 0 Å². The van der Waals surface area contributed by atoms with Crippen LogP contribution in [0.25, 0.3) is 0 Å². The van der Waals surface area contributed by atoms with E-state index in [0.29, 0.717) is 11.6 Å². The third kappa shape index (κ3) is 5.04. The summed E-state index contributed by atoms with van der Waals surface area (Å²) in [7, 11) is -3.59. The number of carbonyl (C=O) groups excluding carboxylic acids is 2. The van der Waals surface area contributed by atoms with E-state index in [-0.39, 0.29) is 40.2 Å². The van der Waals surface area contributed by atoms with Crippen molar-refractivity contribution in [2.75, 3.05) is 11.1 Å². The monoisotopic (exact) mass is 410 g/mol. The Hall–Kier alpha value is -1.54. The van der Waals surface area contributed by atoms with E-state index < -0.39 is 9.84 Å². The molecule has 27 heavy (non-hydrogen) atoms. The highest BCUT2D eigenvalue weighted by atomic mass is 32.2. The van der Waals surface area contributed by atoms with Gasteiger partial charge in [0, 0.05) is 17.4 Å². The Balaban J connectivity index is 1.59. The van der Waals surface area contributed by atoms with E-state index in [1.807, 2.05) is 0 Å². The van der Waals surface area contributed by atoms with Crippen LogP contribution in [0.1, 0.15) is 46.0 Å². The number of thioether (sulfide) groups is 1. The van der Waals surface area contributed by atoms with Crippen molar-refractivity contribution in [3.05, 3.63) is 18.2 Å². The van der Waals surface area contributed by atoms with Crippen LogP contribution in [0.5, 0.6) is 0 Å². The molecule has 2 amide bonds. The van der Waals surface area contributed by atoms with E-state index in [9.17, 15) is 18.0 Å². The van der Waals surface area contributed by atoms with Crippen LogP contribution in [0, 0.1) is 5.92 Å². The average molecular weight is 411 g/mol. The van der Waals surface area contributed by atoms with Gasteiger partial charge in [-0.25, -0.2) is 8.42 Å². The second-order valence-electron chi connectivity index (χ2n) is 7.50. The third-order valence-electron chi connectivity index (χ3n) is 5.22. The lowest BCUT2D eigenvalue weighted by atomic mass is 9.87. The number of amides is 2. The first-order valence-corrected chi connectivity index (χ1v) is 11.9. The fraction of sp³-hybridized carbons (Fsp3) is 0.579. The first-order valence-electron chi connectivity index (χ1n) is 9.38. The molecule has 0 unspecified atom stereocenters. The van der Waals surface area contributed by atoms with Gasteiger partial charge in [0.1, 0.15) is 0 Å². The second kappa shape index (κ2) is 8.22. The number of benzene rings is 1. The van der Waals surface area contributed by atoms with Gasteiger partial charge in [-0.05, 0) is 56.7 Å². The quantitative estimate of drug-likeness (QED) is 0.779. The van der Waals surface area contributed by atoms with Crippen molar-refractivity contribution in [3.8, 4) is 0 Å². The summed E-state index contributed by atoms with van der Waals surface area (Å²) in [5, 5.41) is 5.50. The normalized spacial score (nSPS) is 25.4. The molecule has 1 aliphatic heterocycles. The lowest BCUT2D eigenvalue weighted by Crippen LogP contribution is -2.38. The number of rotatable bonds is 5. The molecule has 0 saturated heterocycles. The largest absolute Gasteiger partial charge is 0.353 e. The van der Waals surface area contributed by atoms with Crippen molar-refractivity contribution in [2.24, 2.45) is 5.92 Å². The van der Waals surface area contributed by atoms with Crippen LogP contribution in [0.3, 0.4) is 0 Å². The number of sulfone groups is 1. The van der Waals surface area contributed by atoms with Gasteiger partial charge in [0.2, 0.25) is 11.8 Å². The third-order valence-corrected chi connectivity index (χ3v) is 8.11. The van der Waals surface area contributed by atoms with Crippen LogP contribution < -0.4 is 10.6 Å². The molecule has 1 saturated carbocycles. The topological polar surface area (TPSA) is 92.3 Å². The number of hydrogen-bond donors (Lipinski definition) is 2. The SMILES string of the molecule is CC1CCC(NC(=O)CCS(=O)(=O)c2ccc3c(c2)NC(=O)[C@H](C)S3)CC1. The average Bonchev–Trinajstić information content (AvgIpc) is 2.62. The number of nitrogens with one attached hydrogen (secondary N) is 2. The molecule has 6 nitrogen and oxygen atoms in total. The van der Waals surface area contributed by atoms with Crippen molar-refractivity contribution in [2.45, 2.75) is 67.0 Å². The minimum atomic E-state index is -3.59. The van der Waals surface area contributed by atoms with Crippen LogP contribution in [-0.2, 0) is 19.4 Å². The molecule has 2 N–H and O–H groups in total. The summed E-state index contributed by atoms with van der Waals surface area (Å²) in [4.78, 5) is 24.9. The van der Waals surface area contributed by atoms with Crippen LogP contribution in [-0.4, -0.2) is 37.3 Å². The van der Waals surface area contributed by atoms with E-state index in [1.165, 1.54) is 17.8 Å². The van der Waals surface area contributed by atoms with Gasteiger partial charge in [-0.1, -0.05) is 6.92 Å². The van der Waals surface area contributed by atoms with Crippen molar-refractivity contribution in [3.63, 3.8) is 0 Å². The molecular formula is C19H26N2O4S2. The molecular weight excluding hydrogens is 384 g/mol. The molecule has 2 aliphatic rings. The van der Waals surface area contributed by atoms with Gasteiger partial charge in [0.05, 0.1) is 21.6 Å². The standard InChI is InChI=1S/C19H26N2O4S2/c1-12-3-5-14(6-4-12)20-18(22)9-10-27(24,25)15-7-8-17-16(11-15)21-19(23)13(2)26-17/h7-8,11-14H,3-6,9-10H2,1-2H3,(H,20,22)(H,21,23)/t12?,13-,14?/m0/s1. The van der Waals surface area contributed by atoms with Crippen molar-refractivity contribution in [1.29, 1.82) is 0 Å². The molecule has 1 atom stereocenters. The molecule has 1 fully saturated rings. The molecule has 1 aliphatic carbocycles. The van der Waals surface area contributed by atoms with Gasteiger partial charge in [-0.2, -0.15) is 0 Å². The van der Waals surface area contributed by atoms with E-state index in [2.05, 4.69) is 17.6 Å². The minimum absolute atomic E-state index is 0.0520. The van der Waals surface area contributed by atoms with E-state index in [1.54, 1.807) is 19.1 Å². The Morgan fingerprint density at radius 2 is 1.93 bits per heavy atom. The smallest absolute Gasteiger partial charge is 0.237 e. The van der Waals surface area contributed by atoms with Gasteiger partial charge in [0.25, 0.3) is 0 Å². The summed E-state index contributed by atoms with van der Waals surface area (Å²) in [6.45, 7) is 4.02. The lowest BCUT2D eigenvalue weighted by Gasteiger charge is -2.26. The summed E-state index contributed by atoms with van der Waals surface area (Å²) in [5.41, 5.74) is 0.518. The molecule has 1 aromatic carbocycles. The number of hydrogen-bond acceptors (Lipinski definition) is 5. The first kappa shape index (κ1) is 20.2. The number of carbonyl (C=O) groups is 2. The predicted octanol–water partition coefficient (Wildman–Crippen LogP) is 2.98. The zero-order chi connectivity index (χ0) is 19.6. The fourth-order valence-electron chi connectivity index (χ4n) is 3.43. The van der Waals surface area contributed by atoms with Crippen molar-refractivity contribution < 1.29 is 18.0 Å². The molecule has 1 aromatic rings. The Morgan fingerprint density at radius 1 is 1.22 bits per heavy atom.